The summed E-state index contributed by atoms with van der Waals surface area (Å²) >= 11 is 1.69. The number of aliphatic hydroxyl groups excluding tert-OH is 1. The van der Waals surface area contributed by atoms with Gasteiger partial charge in [0.25, 0.3) is 0 Å². The van der Waals surface area contributed by atoms with Gasteiger partial charge < -0.3 is 19.9 Å². The number of hydrogen-bond donors (Lipinski definition) is 2. The van der Waals surface area contributed by atoms with Gasteiger partial charge in [-0.2, -0.15) is 0 Å². The first-order chi connectivity index (χ1) is 12.1. The molecule has 1 atom stereocenters. The molecule has 0 saturated heterocycles. The lowest BCUT2D eigenvalue weighted by Gasteiger charge is -2.13. The van der Waals surface area contributed by atoms with Gasteiger partial charge in [0.2, 0.25) is 0 Å². The van der Waals surface area contributed by atoms with E-state index in [2.05, 4.69) is 30.4 Å². The Morgan fingerprint density at radius 2 is 1.88 bits per heavy atom. The normalized spacial score (nSPS) is 12.0. The van der Waals surface area contributed by atoms with E-state index < -0.39 is 0 Å². The average Bonchev–Trinajstić information content (AvgIpc) is 2.63. The molecule has 136 valence electrons. The fourth-order valence-corrected chi connectivity index (χ4v) is 3.44. The van der Waals surface area contributed by atoms with Crippen molar-refractivity contribution in [2.24, 2.45) is 0 Å². The molecule has 0 bridgehead atoms. The summed E-state index contributed by atoms with van der Waals surface area (Å²) in [5.41, 5.74) is 2.42. The Morgan fingerprint density at radius 3 is 2.60 bits per heavy atom. The molecule has 0 spiro atoms. The summed E-state index contributed by atoms with van der Waals surface area (Å²) in [4.78, 5) is 1.20. The summed E-state index contributed by atoms with van der Waals surface area (Å²) in [5, 5.41) is 13.4. The molecule has 0 amide bonds. The van der Waals surface area contributed by atoms with Crippen molar-refractivity contribution in [1.29, 1.82) is 0 Å². The zero-order valence-electron chi connectivity index (χ0n) is 15.1. The van der Waals surface area contributed by atoms with Crippen molar-refractivity contribution in [3.63, 3.8) is 0 Å². The maximum Gasteiger partial charge on any atom is 0.160 e. The van der Waals surface area contributed by atoms with Gasteiger partial charge in [0.15, 0.2) is 11.5 Å². The fourth-order valence-electron chi connectivity index (χ4n) is 2.49. The van der Waals surface area contributed by atoms with Crippen molar-refractivity contribution in [1.82, 2.24) is 5.32 Å². The van der Waals surface area contributed by atoms with Gasteiger partial charge in [-0.1, -0.05) is 23.8 Å². The predicted molar refractivity (Wildman–Crippen MR) is 104 cm³/mol. The lowest BCUT2D eigenvalue weighted by molar-refractivity contribution is 0.196. The Hall–Kier alpha value is -1.69. The van der Waals surface area contributed by atoms with Gasteiger partial charge in [-0.15, -0.1) is 11.8 Å². The SMILES string of the molecule is COc1ccc(CCNCC(O)CSc2cccc(C)c2)cc1OC. The van der Waals surface area contributed by atoms with Gasteiger partial charge in [-0.05, 0) is 49.7 Å². The van der Waals surface area contributed by atoms with Crippen molar-refractivity contribution in [3.8, 4) is 11.5 Å². The first-order valence-electron chi connectivity index (χ1n) is 8.41. The van der Waals surface area contributed by atoms with Crippen LogP contribution in [0.1, 0.15) is 11.1 Å². The van der Waals surface area contributed by atoms with Crippen molar-refractivity contribution >= 4 is 11.8 Å². The summed E-state index contributed by atoms with van der Waals surface area (Å²) in [6.07, 6.45) is 0.508. The highest BCUT2D eigenvalue weighted by atomic mass is 32.2. The van der Waals surface area contributed by atoms with E-state index in [1.54, 1.807) is 26.0 Å². The third kappa shape index (κ3) is 6.61. The molecule has 4 nitrogen and oxygen atoms in total. The minimum Gasteiger partial charge on any atom is -0.493 e. The van der Waals surface area contributed by atoms with E-state index >= 15 is 0 Å². The smallest absolute Gasteiger partial charge is 0.160 e. The van der Waals surface area contributed by atoms with Crippen LogP contribution in [0.4, 0.5) is 0 Å². The van der Waals surface area contributed by atoms with Crippen LogP contribution in [-0.2, 0) is 6.42 Å². The molecule has 2 rings (SSSR count). The molecule has 0 aliphatic heterocycles. The largest absolute Gasteiger partial charge is 0.493 e. The zero-order chi connectivity index (χ0) is 18.1. The number of nitrogens with one attached hydrogen (secondary N) is 1. The van der Waals surface area contributed by atoms with Crippen LogP contribution in [0.25, 0.3) is 0 Å². The van der Waals surface area contributed by atoms with E-state index in [1.807, 2.05) is 24.3 Å². The molecule has 0 aromatic heterocycles. The number of ether oxygens (including phenoxy) is 2. The standard InChI is InChI=1S/C20H27NO3S/c1-15-5-4-6-18(11-15)25-14-17(22)13-21-10-9-16-7-8-19(23-2)20(12-16)24-3/h4-8,11-12,17,21-22H,9-10,13-14H2,1-3H3. The van der Waals surface area contributed by atoms with Gasteiger partial charge in [-0.25, -0.2) is 0 Å². The van der Waals surface area contributed by atoms with Crippen molar-refractivity contribution in [2.45, 2.75) is 24.3 Å². The number of thioether (sulfide) groups is 1. The van der Waals surface area contributed by atoms with Crippen LogP contribution in [0.2, 0.25) is 0 Å². The van der Waals surface area contributed by atoms with Gasteiger partial charge in [-0.3, -0.25) is 0 Å². The summed E-state index contributed by atoms with van der Waals surface area (Å²) in [6.45, 7) is 3.48. The second kappa shape index (κ2) is 10.3. The van der Waals surface area contributed by atoms with E-state index in [-0.39, 0.29) is 6.10 Å². The number of rotatable bonds is 10. The van der Waals surface area contributed by atoms with E-state index in [9.17, 15) is 5.11 Å². The van der Waals surface area contributed by atoms with Gasteiger partial charge in [0.05, 0.1) is 20.3 Å². The third-order valence-corrected chi connectivity index (χ3v) is 4.99. The number of methoxy groups -OCH3 is 2. The van der Waals surface area contributed by atoms with Crippen LogP contribution < -0.4 is 14.8 Å². The summed E-state index contributed by atoms with van der Waals surface area (Å²) in [6, 6.07) is 14.3. The number of aliphatic hydroxyl groups is 1. The Labute approximate surface area is 154 Å². The maximum absolute atomic E-state index is 10.1. The summed E-state index contributed by atoms with van der Waals surface area (Å²) in [5.74, 6) is 2.17. The molecule has 2 aromatic carbocycles. The topological polar surface area (TPSA) is 50.7 Å². The molecular formula is C20H27NO3S. The minimum absolute atomic E-state index is 0.365. The van der Waals surface area contributed by atoms with Gasteiger partial charge in [0.1, 0.15) is 0 Å². The number of benzene rings is 2. The first-order valence-corrected chi connectivity index (χ1v) is 9.40. The Kier molecular flexibility index (Phi) is 8.12. The van der Waals surface area contributed by atoms with Crippen molar-refractivity contribution in [3.05, 3.63) is 53.6 Å². The molecular weight excluding hydrogens is 334 g/mol. The van der Waals surface area contributed by atoms with Crippen LogP contribution in [-0.4, -0.2) is 44.3 Å². The molecule has 0 saturated carbocycles. The van der Waals surface area contributed by atoms with Gasteiger partial charge >= 0.3 is 0 Å². The monoisotopic (exact) mass is 361 g/mol. The second-order valence-corrected chi connectivity index (χ2v) is 7.02. The highest BCUT2D eigenvalue weighted by Crippen LogP contribution is 2.27. The lowest BCUT2D eigenvalue weighted by Crippen LogP contribution is -2.29. The van der Waals surface area contributed by atoms with Gasteiger partial charge in [0, 0.05) is 17.2 Å². The Balaban J connectivity index is 1.68. The number of aryl methyl sites for hydroxylation is 1. The molecule has 1 unspecified atom stereocenters. The molecule has 0 radical (unpaired) electrons. The molecule has 0 heterocycles. The summed E-state index contributed by atoms with van der Waals surface area (Å²) in [7, 11) is 3.28. The lowest BCUT2D eigenvalue weighted by atomic mass is 10.1. The van der Waals surface area contributed by atoms with Crippen LogP contribution in [0.3, 0.4) is 0 Å². The van der Waals surface area contributed by atoms with E-state index in [1.165, 1.54) is 16.0 Å². The highest BCUT2D eigenvalue weighted by Gasteiger charge is 2.07. The molecule has 2 N–H and O–H groups in total. The molecule has 0 aliphatic rings. The minimum atomic E-state index is -0.365. The Bertz CT molecular complexity index is 663. The average molecular weight is 362 g/mol. The quantitative estimate of drug-likeness (QED) is 0.502. The van der Waals surface area contributed by atoms with Crippen LogP contribution in [0.5, 0.6) is 11.5 Å². The molecule has 25 heavy (non-hydrogen) atoms. The summed E-state index contributed by atoms with van der Waals surface area (Å²) < 4.78 is 10.6. The van der Waals surface area contributed by atoms with Crippen LogP contribution in [0.15, 0.2) is 47.4 Å². The maximum atomic E-state index is 10.1. The zero-order valence-corrected chi connectivity index (χ0v) is 15.9. The second-order valence-electron chi connectivity index (χ2n) is 5.92. The van der Waals surface area contributed by atoms with E-state index in [0.717, 1.165) is 24.5 Å². The first kappa shape index (κ1) is 19.6. The highest BCUT2D eigenvalue weighted by molar-refractivity contribution is 7.99. The van der Waals surface area contributed by atoms with Crippen LogP contribution >= 0.6 is 11.8 Å². The molecule has 0 fully saturated rings. The van der Waals surface area contributed by atoms with Crippen LogP contribution in [0, 0.1) is 6.92 Å². The third-order valence-electron chi connectivity index (χ3n) is 3.85. The van der Waals surface area contributed by atoms with Crippen molar-refractivity contribution in [2.75, 3.05) is 33.1 Å². The molecule has 2 aromatic rings. The molecule has 5 heteroatoms. The predicted octanol–water partition coefficient (Wildman–Crippen LogP) is 3.30. The van der Waals surface area contributed by atoms with Crippen molar-refractivity contribution < 1.29 is 14.6 Å². The van der Waals surface area contributed by atoms with E-state index in [0.29, 0.717) is 12.3 Å². The Morgan fingerprint density at radius 1 is 1.08 bits per heavy atom. The van der Waals surface area contributed by atoms with E-state index in [4.69, 9.17) is 9.47 Å². The number of hydrogen-bond acceptors (Lipinski definition) is 5. The fraction of sp³-hybridized carbons (Fsp3) is 0.400. The molecule has 0 aliphatic carbocycles.